The Balaban J connectivity index is 1.95. The monoisotopic (exact) mass is 230 g/mol. The molecule has 0 spiro atoms. The van der Waals surface area contributed by atoms with Crippen molar-refractivity contribution in [2.24, 2.45) is 0 Å². The Kier molecular flexibility index (Phi) is 3.51. The van der Waals surface area contributed by atoms with Crippen molar-refractivity contribution < 1.29 is 9.47 Å². The van der Waals surface area contributed by atoms with Gasteiger partial charge in [-0.15, -0.1) is 0 Å². The van der Waals surface area contributed by atoms with Crippen LogP contribution in [0.15, 0.2) is 60.7 Å². The van der Waals surface area contributed by atoms with E-state index in [1.165, 1.54) is 0 Å². The first kappa shape index (κ1) is 10.6. The van der Waals surface area contributed by atoms with Gasteiger partial charge in [0.2, 0.25) is 0 Å². The topological polar surface area (TPSA) is 18.5 Å². The zero-order valence-corrected chi connectivity index (χ0v) is 9.31. The number of thiocarbonyl (C=S) groups is 1. The molecule has 0 aliphatic heterocycles. The van der Waals surface area contributed by atoms with Crippen molar-refractivity contribution in [1.82, 2.24) is 0 Å². The van der Waals surface area contributed by atoms with Crippen LogP contribution >= 0.6 is 12.2 Å². The van der Waals surface area contributed by atoms with Gasteiger partial charge in [0.15, 0.2) is 0 Å². The van der Waals surface area contributed by atoms with Crippen molar-refractivity contribution in [3.8, 4) is 11.5 Å². The summed E-state index contributed by atoms with van der Waals surface area (Å²) in [6.45, 7) is 0. The molecular weight excluding hydrogens is 220 g/mol. The summed E-state index contributed by atoms with van der Waals surface area (Å²) in [6.07, 6.45) is 0. The van der Waals surface area contributed by atoms with E-state index < -0.39 is 0 Å². The van der Waals surface area contributed by atoms with Gasteiger partial charge in [0.05, 0.1) is 0 Å². The first-order valence-electron chi connectivity index (χ1n) is 4.84. The third-order valence-corrected chi connectivity index (χ3v) is 2.06. The normalized spacial score (nSPS) is 9.50. The van der Waals surface area contributed by atoms with Gasteiger partial charge in [0.1, 0.15) is 11.5 Å². The van der Waals surface area contributed by atoms with E-state index in [0.717, 1.165) is 0 Å². The summed E-state index contributed by atoms with van der Waals surface area (Å²) in [6, 6.07) is 18.6. The van der Waals surface area contributed by atoms with Crippen molar-refractivity contribution in [3.05, 3.63) is 60.7 Å². The molecule has 0 bridgehead atoms. The number of hydrogen-bond donors (Lipinski definition) is 0. The van der Waals surface area contributed by atoms with Crippen LogP contribution in [0.1, 0.15) is 0 Å². The summed E-state index contributed by atoms with van der Waals surface area (Å²) >= 11 is 4.97. The van der Waals surface area contributed by atoms with Crippen molar-refractivity contribution in [2.45, 2.75) is 0 Å². The molecule has 80 valence electrons. The molecule has 0 aliphatic carbocycles. The minimum atomic E-state index is 0.0948. The summed E-state index contributed by atoms with van der Waals surface area (Å²) in [5.74, 6) is 1.34. The van der Waals surface area contributed by atoms with E-state index in [4.69, 9.17) is 21.7 Å². The largest absolute Gasteiger partial charge is 0.417 e. The molecule has 0 atom stereocenters. The van der Waals surface area contributed by atoms with Gasteiger partial charge in [0, 0.05) is 12.2 Å². The number of rotatable bonds is 2. The number of benzene rings is 2. The fourth-order valence-corrected chi connectivity index (χ4v) is 1.38. The van der Waals surface area contributed by atoms with E-state index in [2.05, 4.69) is 0 Å². The van der Waals surface area contributed by atoms with Gasteiger partial charge in [-0.1, -0.05) is 36.4 Å². The Morgan fingerprint density at radius 2 is 1.06 bits per heavy atom. The molecule has 2 nitrogen and oxygen atoms in total. The first-order chi connectivity index (χ1) is 7.84. The standard InChI is InChI=1S/C13H10O2S/c16-13(14-11-7-3-1-4-8-11)15-12-9-5-2-6-10-12/h1-10H. The number of para-hydroxylation sites is 2. The van der Waals surface area contributed by atoms with E-state index in [1.54, 1.807) is 0 Å². The Morgan fingerprint density at radius 1 is 0.688 bits per heavy atom. The predicted molar refractivity (Wildman–Crippen MR) is 66.7 cm³/mol. The Bertz CT molecular complexity index is 410. The molecular formula is C13H10O2S. The highest BCUT2D eigenvalue weighted by molar-refractivity contribution is 7.79. The highest BCUT2D eigenvalue weighted by atomic mass is 32.1. The van der Waals surface area contributed by atoms with Crippen LogP contribution in [0, 0.1) is 0 Å². The van der Waals surface area contributed by atoms with Gasteiger partial charge < -0.3 is 9.47 Å². The summed E-state index contributed by atoms with van der Waals surface area (Å²) in [4.78, 5) is 0. The summed E-state index contributed by atoms with van der Waals surface area (Å²) in [7, 11) is 0. The molecule has 16 heavy (non-hydrogen) atoms. The lowest BCUT2D eigenvalue weighted by Crippen LogP contribution is -2.13. The molecule has 2 rings (SSSR count). The van der Waals surface area contributed by atoms with Crippen LogP contribution in [0.2, 0.25) is 0 Å². The van der Waals surface area contributed by atoms with Crippen molar-refractivity contribution in [3.63, 3.8) is 0 Å². The molecule has 3 heteroatoms. The van der Waals surface area contributed by atoms with Crippen molar-refractivity contribution in [2.75, 3.05) is 0 Å². The molecule has 2 aromatic carbocycles. The van der Waals surface area contributed by atoms with E-state index in [1.807, 2.05) is 60.7 Å². The third-order valence-electron chi connectivity index (χ3n) is 1.89. The molecule has 0 aliphatic rings. The zero-order chi connectivity index (χ0) is 11.2. The molecule has 0 fully saturated rings. The van der Waals surface area contributed by atoms with Crippen LogP contribution < -0.4 is 9.47 Å². The van der Waals surface area contributed by atoms with Crippen LogP contribution in [-0.2, 0) is 0 Å². The molecule has 0 aromatic heterocycles. The molecule has 0 amide bonds. The van der Waals surface area contributed by atoms with Crippen LogP contribution in [0.5, 0.6) is 11.5 Å². The lowest BCUT2D eigenvalue weighted by atomic mass is 10.3. The summed E-state index contributed by atoms with van der Waals surface area (Å²) in [5, 5.41) is 0.0948. The van der Waals surface area contributed by atoms with Crippen LogP contribution in [-0.4, -0.2) is 5.24 Å². The Labute approximate surface area is 99.4 Å². The minimum absolute atomic E-state index is 0.0948. The zero-order valence-electron chi connectivity index (χ0n) is 8.50. The molecule has 0 saturated heterocycles. The maximum absolute atomic E-state index is 5.33. The third kappa shape index (κ3) is 3.07. The molecule has 0 heterocycles. The van der Waals surface area contributed by atoms with Crippen molar-refractivity contribution >= 4 is 17.5 Å². The van der Waals surface area contributed by atoms with E-state index in [-0.39, 0.29) is 5.24 Å². The van der Waals surface area contributed by atoms with Gasteiger partial charge in [-0.05, 0) is 24.3 Å². The van der Waals surface area contributed by atoms with Gasteiger partial charge in [-0.3, -0.25) is 0 Å². The first-order valence-corrected chi connectivity index (χ1v) is 5.25. The molecule has 0 unspecified atom stereocenters. The Hall–Kier alpha value is -1.87. The van der Waals surface area contributed by atoms with E-state index in [9.17, 15) is 0 Å². The van der Waals surface area contributed by atoms with Gasteiger partial charge in [0.25, 0.3) is 0 Å². The average Bonchev–Trinajstić information content (AvgIpc) is 2.31. The van der Waals surface area contributed by atoms with Gasteiger partial charge >= 0.3 is 5.24 Å². The smallest absolute Gasteiger partial charge is 0.363 e. The van der Waals surface area contributed by atoms with E-state index >= 15 is 0 Å². The number of hydrogen-bond acceptors (Lipinski definition) is 3. The second-order valence-corrected chi connectivity index (χ2v) is 3.41. The van der Waals surface area contributed by atoms with Crippen LogP contribution in [0.25, 0.3) is 0 Å². The highest BCUT2D eigenvalue weighted by Gasteiger charge is 2.01. The quantitative estimate of drug-likeness (QED) is 0.736. The molecule has 2 aromatic rings. The minimum Gasteiger partial charge on any atom is -0.417 e. The van der Waals surface area contributed by atoms with Crippen LogP contribution in [0.3, 0.4) is 0 Å². The van der Waals surface area contributed by atoms with E-state index in [0.29, 0.717) is 11.5 Å². The molecule has 0 saturated carbocycles. The van der Waals surface area contributed by atoms with Crippen LogP contribution in [0.4, 0.5) is 0 Å². The Morgan fingerprint density at radius 3 is 1.44 bits per heavy atom. The fourth-order valence-electron chi connectivity index (χ4n) is 1.19. The van der Waals surface area contributed by atoms with Crippen molar-refractivity contribution in [1.29, 1.82) is 0 Å². The highest BCUT2D eigenvalue weighted by Crippen LogP contribution is 2.13. The fraction of sp³-hybridized carbons (Fsp3) is 0. The lowest BCUT2D eigenvalue weighted by Gasteiger charge is -2.07. The number of ether oxygens (including phenoxy) is 2. The summed E-state index contributed by atoms with van der Waals surface area (Å²) < 4.78 is 10.7. The molecule has 0 radical (unpaired) electrons. The maximum Gasteiger partial charge on any atom is 0.363 e. The maximum atomic E-state index is 5.33. The predicted octanol–water partition coefficient (Wildman–Crippen LogP) is 3.43. The van der Waals surface area contributed by atoms with Gasteiger partial charge in [-0.2, -0.15) is 0 Å². The van der Waals surface area contributed by atoms with Gasteiger partial charge in [-0.25, -0.2) is 0 Å². The second-order valence-electron chi connectivity index (χ2n) is 3.08. The summed E-state index contributed by atoms with van der Waals surface area (Å²) in [5.41, 5.74) is 0. The lowest BCUT2D eigenvalue weighted by molar-refractivity contribution is 0.403. The molecule has 0 N–H and O–H groups in total. The SMILES string of the molecule is S=C(Oc1ccccc1)Oc1ccccc1. The second kappa shape index (κ2) is 5.28. The average molecular weight is 230 g/mol.